The summed E-state index contributed by atoms with van der Waals surface area (Å²) in [5, 5.41) is 32.8. The monoisotopic (exact) mass is 587 g/mol. The lowest BCUT2D eigenvalue weighted by Crippen LogP contribution is -2.48. The van der Waals surface area contributed by atoms with Crippen LogP contribution in [-0.4, -0.2) is 46.1 Å². The summed E-state index contributed by atoms with van der Waals surface area (Å²) in [6, 6.07) is -0.827. The number of carbonyl (C=O) groups excluding carboxylic acids is 1. The number of unbranched alkanes of at least 4 members (excludes halogenated alkanes) is 14. The topological polar surface area (TPSA) is 89.8 Å². The fourth-order valence-corrected chi connectivity index (χ4v) is 4.56. The van der Waals surface area contributed by atoms with Crippen molar-refractivity contribution in [1.29, 1.82) is 0 Å². The predicted molar refractivity (Wildman–Crippen MR) is 180 cm³/mol. The maximum atomic E-state index is 12.3. The minimum absolute atomic E-state index is 0.389. The van der Waals surface area contributed by atoms with Crippen LogP contribution in [-0.2, 0) is 4.79 Å². The molecule has 3 unspecified atom stereocenters. The molecule has 5 nitrogen and oxygen atoms in total. The first-order valence-corrected chi connectivity index (χ1v) is 17.1. The number of nitrogens with one attached hydrogen (secondary N) is 1. The number of aliphatic hydroxyl groups is 3. The Hall–Kier alpha value is -1.95. The normalized spacial score (nSPS) is 14.7. The SMILES string of the molecule is CCCCC/C=C\C=C/CCCCCCCC(O)C(=O)NC(CO)C(O)/C=C/CC/C=C/CC/C=C/CCCCCC. The summed E-state index contributed by atoms with van der Waals surface area (Å²) >= 11 is 0. The number of carbonyl (C=O) groups is 1. The molecule has 0 fully saturated rings. The number of amides is 1. The van der Waals surface area contributed by atoms with E-state index < -0.39 is 24.2 Å². The van der Waals surface area contributed by atoms with Crippen molar-refractivity contribution in [1.82, 2.24) is 5.32 Å². The molecule has 242 valence electrons. The molecule has 0 spiro atoms. The van der Waals surface area contributed by atoms with E-state index >= 15 is 0 Å². The molecule has 0 rings (SSSR count). The van der Waals surface area contributed by atoms with Crippen molar-refractivity contribution in [2.24, 2.45) is 0 Å². The van der Waals surface area contributed by atoms with Crippen LogP contribution in [0.4, 0.5) is 0 Å². The first-order valence-electron chi connectivity index (χ1n) is 17.1. The van der Waals surface area contributed by atoms with Crippen LogP contribution in [0.3, 0.4) is 0 Å². The molecule has 0 radical (unpaired) electrons. The molecule has 0 bridgehead atoms. The van der Waals surface area contributed by atoms with Gasteiger partial charge in [-0.25, -0.2) is 0 Å². The molecule has 0 aliphatic carbocycles. The summed E-state index contributed by atoms with van der Waals surface area (Å²) in [4.78, 5) is 12.3. The standard InChI is InChI=1S/C37H65NO4/c1-3-5-7-9-11-13-15-17-19-21-23-25-27-29-31-35(40)34(33-39)38-37(42)36(41)32-30-28-26-24-22-20-18-16-14-12-10-8-6-4-2/h12-16,18,21,23,29,31,34-36,39-41H,3-11,17,19-20,22,24-28,30,32-33H2,1-2H3,(H,38,42)/b14-12-,15-13+,18-16-,23-21+,31-29+. The van der Waals surface area contributed by atoms with E-state index in [1.807, 2.05) is 6.08 Å². The molecule has 4 N–H and O–H groups in total. The second kappa shape index (κ2) is 32.0. The van der Waals surface area contributed by atoms with Gasteiger partial charge in [-0.05, 0) is 70.6 Å². The number of aliphatic hydroxyl groups excluding tert-OH is 3. The number of rotatable bonds is 29. The molecular weight excluding hydrogens is 522 g/mol. The van der Waals surface area contributed by atoms with E-state index in [0.717, 1.165) is 70.6 Å². The van der Waals surface area contributed by atoms with Gasteiger partial charge < -0.3 is 20.6 Å². The number of hydrogen-bond acceptors (Lipinski definition) is 4. The van der Waals surface area contributed by atoms with Gasteiger partial charge in [0.1, 0.15) is 6.10 Å². The summed E-state index contributed by atoms with van der Waals surface area (Å²) in [5.74, 6) is -0.535. The van der Waals surface area contributed by atoms with Gasteiger partial charge in [-0.2, -0.15) is 0 Å². The Labute approximate surface area is 259 Å². The summed E-state index contributed by atoms with van der Waals surface area (Å²) in [5.41, 5.74) is 0. The minimum atomic E-state index is -1.12. The lowest BCUT2D eigenvalue weighted by Gasteiger charge is -2.21. The van der Waals surface area contributed by atoms with Gasteiger partial charge in [0.2, 0.25) is 5.91 Å². The van der Waals surface area contributed by atoms with E-state index in [-0.39, 0.29) is 6.61 Å². The molecule has 0 heterocycles. The first-order chi connectivity index (χ1) is 20.6. The third-order valence-corrected chi connectivity index (χ3v) is 7.34. The van der Waals surface area contributed by atoms with Crippen LogP contribution in [0.2, 0.25) is 0 Å². The second-order valence-corrected chi connectivity index (χ2v) is 11.4. The fraction of sp³-hybridized carbons (Fsp3) is 0.703. The zero-order valence-electron chi connectivity index (χ0n) is 27.1. The number of allylic oxidation sites excluding steroid dienone is 9. The highest BCUT2D eigenvalue weighted by molar-refractivity contribution is 5.80. The largest absolute Gasteiger partial charge is 0.394 e. The molecule has 0 saturated carbocycles. The van der Waals surface area contributed by atoms with Crippen molar-refractivity contribution in [3.63, 3.8) is 0 Å². The Morgan fingerprint density at radius 2 is 1.05 bits per heavy atom. The Kier molecular flexibility index (Phi) is 30.5. The Morgan fingerprint density at radius 3 is 1.64 bits per heavy atom. The Morgan fingerprint density at radius 1 is 0.595 bits per heavy atom. The summed E-state index contributed by atoms with van der Waals surface area (Å²) in [6.45, 7) is 4.07. The Bertz CT molecular complexity index is 740. The van der Waals surface area contributed by atoms with Crippen LogP contribution in [0.1, 0.15) is 142 Å². The molecule has 5 heteroatoms. The van der Waals surface area contributed by atoms with Crippen molar-refractivity contribution >= 4 is 5.91 Å². The first kappa shape index (κ1) is 40.1. The molecule has 0 aliphatic rings. The Balaban J connectivity index is 3.92. The van der Waals surface area contributed by atoms with Gasteiger partial charge in [-0.1, -0.05) is 132 Å². The van der Waals surface area contributed by atoms with Gasteiger partial charge in [0.05, 0.1) is 18.8 Å². The second-order valence-electron chi connectivity index (χ2n) is 11.4. The molecule has 0 aromatic carbocycles. The predicted octanol–water partition coefficient (Wildman–Crippen LogP) is 8.81. The average molecular weight is 588 g/mol. The minimum Gasteiger partial charge on any atom is -0.394 e. The number of hydrogen-bond donors (Lipinski definition) is 4. The lowest BCUT2D eigenvalue weighted by molar-refractivity contribution is -0.131. The highest BCUT2D eigenvalue weighted by Crippen LogP contribution is 2.10. The van der Waals surface area contributed by atoms with Gasteiger partial charge in [-0.15, -0.1) is 0 Å². The highest BCUT2D eigenvalue weighted by atomic mass is 16.3. The fourth-order valence-electron chi connectivity index (χ4n) is 4.56. The molecule has 1 amide bonds. The zero-order chi connectivity index (χ0) is 30.9. The smallest absolute Gasteiger partial charge is 0.249 e. The molecule has 0 aliphatic heterocycles. The molecule has 0 saturated heterocycles. The van der Waals surface area contributed by atoms with Crippen LogP contribution in [0, 0.1) is 0 Å². The maximum absolute atomic E-state index is 12.3. The van der Waals surface area contributed by atoms with E-state index in [0.29, 0.717) is 6.42 Å². The van der Waals surface area contributed by atoms with Crippen LogP contribution >= 0.6 is 0 Å². The van der Waals surface area contributed by atoms with Crippen molar-refractivity contribution in [2.45, 2.75) is 161 Å². The van der Waals surface area contributed by atoms with E-state index in [2.05, 4.69) is 67.8 Å². The van der Waals surface area contributed by atoms with Crippen molar-refractivity contribution < 1.29 is 20.1 Å². The van der Waals surface area contributed by atoms with E-state index in [1.54, 1.807) is 6.08 Å². The van der Waals surface area contributed by atoms with E-state index in [1.165, 1.54) is 51.4 Å². The quantitative estimate of drug-likeness (QED) is 0.0400. The summed E-state index contributed by atoms with van der Waals surface area (Å²) in [6.07, 6.45) is 40.8. The molecule has 42 heavy (non-hydrogen) atoms. The molecule has 3 atom stereocenters. The van der Waals surface area contributed by atoms with Gasteiger partial charge in [0.25, 0.3) is 0 Å². The summed E-state index contributed by atoms with van der Waals surface area (Å²) < 4.78 is 0. The van der Waals surface area contributed by atoms with Crippen molar-refractivity contribution in [3.05, 3.63) is 60.8 Å². The van der Waals surface area contributed by atoms with Crippen LogP contribution in [0.25, 0.3) is 0 Å². The maximum Gasteiger partial charge on any atom is 0.249 e. The average Bonchev–Trinajstić information content (AvgIpc) is 2.99. The van der Waals surface area contributed by atoms with Gasteiger partial charge in [0, 0.05) is 0 Å². The molecule has 0 aromatic heterocycles. The van der Waals surface area contributed by atoms with Crippen molar-refractivity contribution in [2.75, 3.05) is 6.61 Å². The lowest BCUT2D eigenvalue weighted by atomic mass is 10.1. The van der Waals surface area contributed by atoms with E-state index in [4.69, 9.17) is 0 Å². The third-order valence-electron chi connectivity index (χ3n) is 7.34. The third kappa shape index (κ3) is 26.9. The van der Waals surface area contributed by atoms with Crippen LogP contribution < -0.4 is 5.32 Å². The summed E-state index contributed by atoms with van der Waals surface area (Å²) in [7, 11) is 0. The van der Waals surface area contributed by atoms with Crippen LogP contribution in [0.15, 0.2) is 60.8 Å². The van der Waals surface area contributed by atoms with Gasteiger partial charge in [0.15, 0.2) is 0 Å². The van der Waals surface area contributed by atoms with E-state index in [9.17, 15) is 20.1 Å². The van der Waals surface area contributed by atoms with Gasteiger partial charge >= 0.3 is 0 Å². The van der Waals surface area contributed by atoms with Crippen molar-refractivity contribution in [3.8, 4) is 0 Å². The van der Waals surface area contributed by atoms with Crippen LogP contribution in [0.5, 0.6) is 0 Å². The molecular formula is C37H65NO4. The molecule has 0 aromatic rings. The van der Waals surface area contributed by atoms with Gasteiger partial charge in [-0.3, -0.25) is 4.79 Å². The highest BCUT2D eigenvalue weighted by Gasteiger charge is 2.22. The zero-order valence-corrected chi connectivity index (χ0v) is 27.1.